The fraction of sp³-hybridized carbons (Fsp3) is 0.625. The van der Waals surface area contributed by atoms with E-state index in [0.29, 0.717) is 5.92 Å². The van der Waals surface area contributed by atoms with Crippen LogP contribution in [0.5, 0.6) is 0 Å². The summed E-state index contributed by atoms with van der Waals surface area (Å²) in [6.45, 7) is 2.27. The summed E-state index contributed by atoms with van der Waals surface area (Å²) < 4.78 is 0. The minimum Gasteiger partial charge on any atom is -0.193 e. The Kier molecular flexibility index (Phi) is 9.42. The lowest BCUT2D eigenvalue weighted by molar-refractivity contribution is 0.296. The Morgan fingerprint density at radius 3 is 2.20 bits per heavy atom. The predicted octanol–water partition coefficient (Wildman–Crippen LogP) is 7.02. The second-order valence-corrected chi connectivity index (χ2v) is 7.79. The van der Waals surface area contributed by atoms with Gasteiger partial charge in [0.1, 0.15) is 0 Å². The van der Waals surface area contributed by atoms with Crippen molar-refractivity contribution in [1.29, 1.82) is 5.26 Å². The first-order valence-electron chi connectivity index (χ1n) is 10.5. The SMILES string of the molecule is CCCCCCCc1ccc(CCC2CCC(/C=C/C#N)CC2)cc1. The van der Waals surface area contributed by atoms with Gasteiger partial charge in [-0.3, -0.25) is 0 Å². The number of nitrogens with zero attached hydrogens (tertiary/aromatic N) is 1. The molecule has 1 heteroatoms. The lowest BCUT2D eigenvalue weighted by atomic mass is 9.79. The summed E-state index contributed by atoms with van der Waals surface area (Å²) in [5.74, 6) is 1.53. The molecule has 0 atom stereocenters. The molecule has 1 aromatic rings. The molecule has 136 valence electrons. The molecule has 25 heavy (non-hydrogen) atoms. The largest absolute Gasteiger partial charge is 0.193 e. The molecule has 0 aromatic heterocycles. The molecular formula is C24H35N. The van der Waals surface area contributed by atoms with Crippen molar-refractivity contribution in [1.82, 2.24) is 0 Å². The van der Waals surface area contributed by atoms with Gasteiger partial charge in [0.15, 0.2) is 0 Å². The van der Waals surface area contributed by atoms with Gasteiger partial charge in [-0.2, -0.15) is 5.26 Å². The van der Waals surface area contributed by atoms with Crippen LogP contribution in [0, 0.1) is 23.2 Å². The van der Waals surface area contributed by atoms with E-state index in [4.69, 9.17) is 5.26 Å². The second kappa shape index (κ2) is 11.9. The van der Waals surface area contributed by atoms with Gasteiger partial charge in [0.2, 0.25) is 0 Å². The minimum atomic E-state index is 0.646. The molecule has 0 radical (unpaired) electrons. The van der Waals surface area contributed by atoms with Crippen LogP contribution in [0.4, 0.5) is 0 Å². The Morgan fingerprint density at radius 2 is 1.56 bits per heavy atom. The molecule has 1 aliphatic rings. The third kappa shape index (κ3) is 7.91. The maximum atomic E-state index is 8.62. The number of nitriles is 1. The van der Waals surface area contributed by atoms with Gasteiger partial charge < -0.3 is 0 Å². The Balaban J connectivity index is 1.63. The number of hydrogen-bond donors (Lipinski definition) is 0. The summed E-state index contributed by atoms with van der Waals surface area (Å²) in [7, 11) is 0. The molecular weight excluding hydrogens is 302 g/mol. The average Bonchev–Trinajstić information content (AvgIpc) is 2.66. The van der Waals surface area contributed by atoms with Gasteiger partial charge in [-0.25, -0.2) is 0 Å². The molecule has 0 saturated heterocycles. The molecule has 1 fully saturated rings. The van der Waals surface area contributed by atoms with Gasteiger partial charge in [-0.05, 0) is 74.3 Å². The summed E-state index contributed by atoms with van der Waals surface area (Å²) in [6, 6.07) is 11.5. The molecule has 0 aliphatic heterocycles. The minimum absolute atomic E-state index is 0.646. The molecule has 1 saturated carbocycles. The monoisotopic (exact) mass is 337 g/mol. The lowest BCUT2D eigenvalue weighted by Gasteiger charge is -2.26. The smallest absolute Gasteiger partial charge is 0.0908 e. The quantitative estimate of drug-likeness (QED) is 0.332. The van der Waals surface area contributed by atoms with Crippen LogP contribution in [-0.2, 0) is 12.8 Å². The zero-order valence-corrected chi connectivity index (χ0v) is 16.1. The van der Waals surface area contributed by atoms with Gasteiger partial charge in [0.25, 0.3) is 0 Å². The molecule has 0 bridgehead atoms. The van der Waals surface area contributed by atoms with Crippen molar-refractivity contribution in [3.05, 3.63) is 47.5 Å². The van der Waals surface area contributed by atoms with Gasteiger partial charge in [-0.1, -0.05) is 62.9 Å². The molecule has 1 aliphatic carbocycles. The number of allylic oxidation sites excluding steroid dienone is 2. The van der Waals surface area contributed by atoms with E-state index >= 15 is 0 Å². The van der Waals surface area contributed by atoms with Crippen molar-refractivity contribution in [2.45, 2.75) is 84.0 Å². The van der Waals surface area contributed by atoms with Crippen molar-refractivity contribution in [2.24, 2.45) is 11.8 Å². The molecule has 0 N–H and O–H groups in total. The summed E-state index contributed by atoms with van der Waals surface area (Å²) in [6.07, 6.45) is 19.6. The molecule has 1 nitrogen and oxygen atoms in total. The van der Waals surface area contributed by atoms with Crippen molar-refractivity contribution in [3.63, 3.8) is 0 Å². The third-order valence-corrected chi connectivity index (χ3v) is 5.77. The van der Waals surface area contributed by atoms with Crippen LogP contribution in [-0.4, -0.2) is 0 Å². The second-order valence-electron chi connectivity index (χ2n) is 7.79. The van der Waals surface area contributed by atoms with Crippen LogP contribution < -0.4 is 0 Å². The van der Waals surface area contributed by atoms with Gasteiger partial charge in [0.05, 0.1) is 6.07 Å². The summed E-state index contributed by atoms with van der Waals surface area (Å²) >= 11 is 0. The number of aryl methyl sites for hydroxylation is 2. The van der Waals surface area contributed by atoms with E-state index in [2.05, 4.69) is 43.3 Å². The highest BCUT2D eigenvalue weighted by Crippen LogP contribution is 2.32. The summed E-state index contributed by atoms with van der Waals surface area (Å²) in [5.41, 5.74) is 3.01. The summed E-state index contributed by atoms with van der Waals surface area (Å²) in [4.78, 5) is 0. The van der Waals surface area contributed by atoms with Crippen molar-refractivity contribution >= 4 is 0 Å². The maximum Gasteiger partial charge on any atom is 0.0908 e. The van der Waals surface area contributed by atoms with Crippen LogP contribution in [0.15, 0.2) is 36.4 Å². The first-order valence-corrected chi connectivity index (χ1v) is 10.5. The van der Waals surface area contributed by atoms with Crippen molar-refractivity contribution < 1.29 is 0 Å². The topological polar surface area (TPSA) is 23.8 Å². The molecule has 2 rings (SSSR count). The first kappa shape index (κ1) is 19.8. The fourth-order valence-electron chi connectivity index (χ4n) is 4.02. The average molecular weight is 338 g/mol. The Morgan fingerprint density at radius 1 is 0.920 bits per heavy atom. The highest BCUT2D eigenvalue weighted by Gasteiger charge is 2.19. The zero-order chi connectivity index (χ0) is 17.7. The zero-order valence-electron chi connectivity index (χ0n) is 16.1. The van der Waals surface area contributed by atoms with Gasteiger partial charge in [-0.15, -0.1) is 0 Å². The van der Waals surface area contributed by atoms with E-state index < -0.39 is 0 Å². The Labute approximate surface area is 155 Å². The molecule has 1 aromatic carbocycles. The predicted molar refractivity (Wildman–Crippen MR) is 107 cm³/mol. The Hall–Kier alpha value is -1.55. The van der Waals surface area contributed by atoms with E-state index in [0.717, 1.165) is 5.92 Å². The first-order chi connectivity index (χ1) is 12.3. The van der Waals surface area contributed by atoms with Crippen molar-refractivity contribution in [3.8, 4) is 6.07 Å². The molecule has 0 amide bonds. The third-order valence-electron chi connectivity index (χ3n) is 5.77. The van der Waals surface area contributed by atoms with Gasteiger partial charge in [0, 0.05) is 6.08 Å². The van der Waals surface area contributed by atoms with Crippen LogP contribution in [0.3, 0.4) is 0 Å². The number of unbranched alkanes of at least 4 members (excludes halogenated alkanes) is 4. The molecule has 0 unspecified atom stereocenters. The number of hydrogen-bond acceptors (Lipinski definition) is 1. The highest BCUT2D eigenvalue weighted by atomic mass is 14.3. The van der Waals surface area contributed by atoms with Crippen LogP contribution in [0.25, 0.3) is 0 Å². The van der Waals surface area contributed by atoms with Crippen molar-refractivity contribution in [2.75, 3.05) is 0 Å². The van der Waals surface area contributed by atoms with Crippen LogP contribution in [0.1, 0.15) is 82.3 Å². The molecule has 0 heterocycles. The Bertz CT molecular complexity index is 526. The van der Waals surface area contributed by atoms with E-state index in [1.165, 1.54) is 88.2 Å². The lowest BCUT2D eigenvalue weighted by Crippen LogP contribution is -2.13. The van der Waals surface area contributed by atoms with E-state index in [1.807, 2.05) is 0 Å². The van der Waals surface area contributed by atoms with Crippen LogP contribution >= 0.6 is 0 Å². The normalized spacial score (nSPS) is 20.6. The number of benzene rings is 1. The standard InChI is InChI=1S/C24H35N/c1-2-3-4-5-6-8-21-10-14-23(15-11-21)18-19-24-16-12-22(13-17-24)9-7-20-25/h7,9-11,14-15,22,24H,2-6,8,12-13,16-19H2,1H3/b9-7+. The van der Waals surface area contributed by atoms with Crippen LogP contribution in [0.2, 0.25) is 0 Å². The van der Waals surface area contributed by atoms with E-state index in [9.17, 15) is 0 Å². The number of rotatable bonds is 10. The van der Waals surface area contributed by atoms with Gasteiger partial charge >= 0.3 is 0 Å². The fourth-order valence-corrected chi connectivity index (χ4v) is 4.02. The maximum absolute atomic E-state index is 8.62. The molecule has 0 spiro atoms. The summed E-state index contributed by atoms with van der Waals surface area (Å²) in [5, 5.41) is 8.62. The van der Waals surface area contributed by atoms with E-state index in [1.54, 1.807) is 6.08 Å². The highest BCUT2D eigenvalue weighted by molar-refractivity contribution is 5.22. The van der Waals surface area contributed by atoms with E-state index in [-0.39, 0.29) is 0 Å².